The van der Waals surface area contributed by atoms with Crippen LogP contribution in [0.5, 0.6) is 0 Å². The number of carbonyl (C=O) groups is 1. The van der Waals surface area contributed by atoms with Crippen LogP contribution in [0.25, 0.3) is 6.08 Å². The van der Waals surface area contributed by atoms with Crippen molar-refractivity contribution in [1.29, 1.82) is 0 Å². The maximum Gasteiger partial charge on any atom is 0.293 e. The van der Waals surface area contributed by atoms with Gasteiger partial charge in [-0.25, -0.2) is 0 Å². The standard InChI is InChI=1S/C14H12N2O4/c1-10-4-6-12(13(9-10)16(18)19)15-14(17)7-5-11-3-2-8-20-11/h2-9H,1H3,(H,15,17). The van der Waals surface area contributed by atoms with Crippen molar-refractivity contribution in [2.45, 2.75) is 6.92 Å². The molecule has 2 aromatic rings. The molecule has 0 saturated heterocycles. The van der Waals surface area contributed by atoms with Crippen LogP contribution in [0.3, 0.4) is 0 Å². The van der Waals surface area contributed by atoms with Crippen molar-refractivity contribution in [3.05, 3.63) is 64.1 Å². The minimum atomic E-state index is -0.529. The predicted octanol–water partition coefficient (Wildman–Crippen LogP) is 3.15. The van der Waals surface area contributed by atoms with E-state index in [1.807, 2.05) is 0 Å². The Labute approximate surface area is 114 Å². The number of amides is 1. The van der Waals surface area contributed by atoms with E-state index in [0.29, 0.717) is 5.76 Å². The summed E-state index contributed by atoms with van der Waals surface area (Å²) in [7, 11) is 0. The normalized spacial score (nSPS) is 10.7. The summed E-state index contributed by atoms with van der Waals surface area (Å²) in [5, 5.41) is 13.4. The van der Waals surface area contributed by atoms with E-state index in [9.17, 15) is 14.9 Å². The fourth-order valence-corrected chi connectivity index (χ4v) is 1.62. The highest BCUT2D eigenvalue weighted by Crippen LogP contribution is 2.25. The molecule has 0 spiro atoms. The van der Waals surface area contributed by atoms with Crippen LogP contribution < -0.4 is 5.32 Å². The third-order valence-electron chi connectivity index (χ3n) is 2.55. The first-order chi connectivity index (χ1) is 9.56. The number of nitrogens with zero attached hydrogens (tertiary/aromatic N) is 1. The van der Waals surface area contributed by atoms with Crippen LogP contribution in [0, 0.1) is 17.0 Å². The predicted molar refractivity (Wildman–Crippen MR) is 74.2 cm³/mol. The van der Waals surface area contributed by atoms with Gasteiger partial charge in [0.05, 0.1) is 11.2 Å². The highest BCUT2D eigenvalue weighted by Gasteiger charge is 2.14. The fourth-order valence-electron chi connectivity index (χ4n) is 1.62. The van der Waals surface area contributed by atoms with Crippen LogP contribution in [0.2, 0.25) is 0 Å². The lowest BCUT2D eigenvalue weighted by Crippen LogP contribution is -2.09. The summed E-state index contributed by atoms with van der Waals surface area (Å²) in [6.07, 6.45) is 4.22. The first-order valence-electron chi connectivity index (χ1n) is 5.84. The molecule has 6 nitrogen and oxygen atoms in total. The first kappa shape index (κ1) is 13.5. The van der Waals surface area contributed by atoms with Crippen LogP contribution in [-0.2, 0) is 4.79 Å². The van der Waals surface area contributed by atoms with Crippen molar-refractivity contribution in [1.82, 2.24) is 0 Å². The van der Waals surface area contributed by atoms with Gasteiger partial charge in [0, 0.05) is 12.1 Å². The number of aryl methyl sites for hydroxylation is 1. The Kier molecular flexibility index (Phi) is 3.95. The molecule has 0 aliphatic rings. The number of benzene rings is 1. The molecule has 1 heterocycles. The number of nitrogens with one attached hydrogen (secondary N) is 1. The van der Waals surface area contributed by atoms with E-state index < -0.39 is 10.8 Å². The maximum atomic E-state index is 11.7. The number of anilines is 1. The second-order valence-corrected chi connectivity index (χ2v) is 4.12. The summed E-state index contributed by atoms with van der Waals surface area (Å²) in [4.78, 5) is 22.1. The molecule has 0 saturated carbocycles. The topological polar surface area (TPSA) is 85.4 Å². The largest absolute Gasteiger partial charge is 0.465 e. The first-order valence-corrected chi connectivity index (χ1v) is 5.84. The lowest BCUT2D eigenvalue weighted by molar-refractivity contribution is -0.384. The molecule has 2 rings (SSSR count). The molecule has 0 bridgehead atoms. The molecule has 6 heteroatoms. The molecule has 0 fully saturated rings. The average Bonchev–Trinajstić information content (AvgIpc) is 2.91. The molecule has 0 aliphatic heterocycles. The lowest BCUT2D eigenvalue weighted by atomic mass is 10.2. The number of carbonyl (C=O) groups excluding carboxylic acids is 1. The van der Waals surface area contributed by atoms with Crippen molar-refractivity contribution in [3.63, 3.8) is 0 Å². The molecular formula is C14H12N2O4. The van der Waals surface area contributed by atoms with Crippen LogP contribution in [-0.4, -0.2) is 10.8 Å². The summed E-state index contributed by atoms with van der Waals surface area (Å²) < 4.78 is 5.04. The molecule has 1 aromatic carbocycles. The van der Waals surface area contributed by atoms with E-state index >= 15 is 0 Å². The van der Waals surface area contributed by atoms with Gasteiger partial charge in [-0.1, -0.05) is 6.07 Å². The Morgan fingerprint density at radius 3 is 2.85 bits per heavy atom. The Bertz CT molecular complexity index is 660. The number of nitro benzene ring substituents is 1. The third kappa shape index (κ3) is 3.32. The van der Waals surface area contributed by atoms with Crippen LogP contribution >= 0.6 is 0 Å². The summed E-state index contributed by atoms with van der Waals surface area (Å²) in [6.45, 7) is 1.75. The number of rotatable bonds is 4. The van der Waals surface area contributed by atoms with E-state index in [1.165, 1.54) is 30.5 Å². The molecule has 20 heavy (non-hydrogen) atoms. The number of hydrogen-bond donors (Lipinski definition) is 1. The van der Waals surface area contributed by atoms with Crippen molar-refractivity contribution in [2.24, 2.45) is 0 Å². The number of furan rings is 1. The van der Waals surface area contributed by atoms with Gasteiger partial charge in [0.15, 0.2) is 0 Å². The molecule has 102 valence electrons. The quantitative estimate of drug-likeness (QED) is 0.526. The zero-order valence-corrected chi connectivity index (χ0v) is 10.7. The van der Waals surface area contributed by atoms with Crippen LogP contribution in [0.1, 0.15) is 11.3 Å². The fraction of sp³-hybridized carbons (Fsp3) is 0.0714. The Morgan fingerprint density at radius 1 is 1.40 bits per heavy atom. The lowest BCUT2D eigenvalue weighted by Gasteiger charge is -2.04. The summed E-state index contributed by atoms with van der Waals surface area (Å²) >= 11 is 0. The molecule has 0 radical (unpaired) electrons. The third-order valence-corrected chi connectivity index (χ3v) is 2.55. The molecule has 0 atom stereocenters. The summed E-state index contributed by atoms with van der Waals surface area (Å²) in [5.74, 6) is 0.0620. The smallest absolute Gasteiger partial charge is 0.293 e. The van der Waals surface area contributed by atoms with E-state index in [1.54, 1.807) is 25.1 Å². The van der Waals surface area contributed by atoms with Crippen LogP contribution in [0.4, 0.5) is 11.4 Å². The van der Waals surface area contributed by atoms with Gasteiger partial charge in [-0.2, -0.15) is 0 Å². The van der Waals surface area contributed by atoms with Gasteiger partial charge in [-0.15, -0.1) is 0 Å². The minimum Gasteiger partial charge on any atom is -0.465 e. The van der Waals surface area contributed by atoms with Gasteiger partial charge in [0.1, 0.15) is 11.4 Å². The van der Waals surface area contributed by atoms with Gasteiger partial charge >= 0.3 is 0 Å². The molecule has 1 aromatic heterocycles. The van der Waals surface area contributed by atoms with E-state index in [-0.39, 0.29) is 11.4 Å². The van der Waals surface area contributed by atoms with Crippen molar-refractivity contribution >= 4 is 23.4 Å². The maximum absolute atomic E-state index is 11.7. The minimum absolute atomic E-state index is 0.134. The zero-order valence-electron chi connectivity index (χ0n) is 10.7. The molecular weight excluding hydrogens is 260 g/mol. The Morgan fingerprint density at radius 2 is 2.20 bits per heavy atom. The van der Waals surface area contributed by atoms with Crippen molar-refractivity contribution in [2.75, 3.05) is 5.32 Å². The summed E-state index contributed by atoms with van der Waals surface area (Å²) in [5.41, 5.74) is 0.778. The molecule has 0 aliphatic carbocycles. The molecule has 1 amide bonds. The highest BCUT2D eigenvalue weighted by atomic mass is 16.6. The molecule has 0 unspecified atom stereocenters. The molecule has 1 N–H and O–H groups in total. The highest BCUT2D eigenvalue weighted by molar-refractivity contribution is 6.03. The monoisotopic (exact) mass is 272 g/mol. The average molecular weight is 272 g/mol. The van der Waals surface area contributed by atoms with Crippen molar-refractivity contribution in [3.8, 4) is 0 Å². The van der Waals surface area contributed by atoms with Gasteiger partial charge in [-0.3, -0.25) is 14.9 Å². The second kappa shape index (κ2) is 5.83. The van der Waals surface area contributed by atoms with Crippen molar-refractivity contribution < 1.29 is 14.1 Å². The van der Waals surface area contributed by atoms with Crippen LogP contribution in [0.15, 0.2) is 47.1 Å². The van der Waals surface area contributed by atoms with Gasteiger partial charge in [-0.05, 0) is 36.8 Å². The SMILES string of the molecule is Cc1ccc(NC(=O)C=Cc2ccco2)c([N+](=O)[O-])c1. The number of hydrogen-bond acceptors (Lipinski definition) is 4. The number of nitro groups is 1. The zero-order chi connectivity index (χ0) is 14.5. The second-order valence-electron chi connectivity index (χ2n) is 4.12. The Hall–Kier alpha value is -2.89. The van der Waals surface area contributed by atoms with E-state index in [2.05, 4.69) is 5.32 Å². The van der Waals surface area contributed by atoms with Gasteiger partial charge in [0.25, 0.3) is 5.69 Å². The summed E-state index contributed by atoms with van der Waals surface area (Å²) in [6, 6.07) is 8.00. The van der Waals surface area contributed by atoms with Gasteiger partial charge in [0.2, 0.25) is 5.91 Å². The Balaban J connectivity index is 2.13. The van der Waals surface area contributed by atoms with E-state index in [4.69, 9.17) is 4.42 Å². The van der Waals surface area contributed by atoms with E-state index in [0.717, 1.165) is 5.56 Å². The van der Waals surface area contributed by atoms with Gasteiger partial charge < -0.3 is 9.73 Å².